The van der Waals surface area contributed by atoms with Crippen molar-refractivity contribution in [1.29, 1.82) is 0 Å². The van der Waals surface area contributed by atoms with Gasteiger partial charge in [-0.15, -0.1) is 0 Å². The van der Waals surface area contributed by atoms with E-state index in [2.05, 4.69) is 63.7 Å². The molecule has 0 radical (unpaired) electrons. The number of rotatable bonds is 0. The summed E-state index contributed by atoms with van der Waals surface area (Å²) in [4.78, 5) is 0. The molecule has 4 nitrogen and oxygen atoms in total. The smallest absolute Gasteiger partial charge is 0.214 e. The van der Waals surface area contributed by atoms with E-state index in [1.807, 2.05) is 0 Å². The Bertz CT molecular complexity index is 745. The minimum atomic E-state index is -0.234. The van der Waals surface area contributed by atoms with Gasteiger partial charge in [0.2, 0.25) is 5.75 Å². The van der Waals surface area contributed by atoms with Crippen molar-refractivity contribution in [2.45, 2.75) is 0 Å². The van der Waals surface area contributed by atoms with Crippen molar-refractivity contribution in [3.63, 3.8) is 0 Å². The number of aromatic hydroxyl groups is 2. The number of halogens is 4. The molecule has 0 aliphatic carbocycles. The van der Waals surface area contributed by atoms with Crippen LogP contribution in [0.5, 0.6) is 34.5 Å². The zero-order valence-electron chi connectivity index (χ0n) is 9.38. The Morgan fingerprint density at radius 2 is 1.45 bits per heavy atom. The van der Waals surface area contributed by atoms with Gasteiger partial charge in [0.05, 0.1) is 4.47 Å². The number of hydrogen-bond acceptors (Lipinski definition) is 4. The van der Waals surface area contributed by atoms with Crippen molar-refractivity contribution in [3.05, 3.63) is 30.0 Å². The molecule has 0 atom stereocenters. The first-order chi connectivity index (χ1) is 9.40. The molecule has 3 rings (SSSR count). The van der Waals surface area contributed by atoms with Crippen molar-refractivity contribution in [2.75, 3.05) is 0 Å². The quantitative estimate of drug-likeness (QED) is 0.371. The van der Waals surface area contributed by atoms with Gasteiger partial charge in [-0.2, -0.15) is 0 Å². The fraction of sp³-hybridized carbons (Fsp3) is 0. The van der Waals surface area contributed by atoms with Gasteiger partial charge in [-0.25, -0.2) is 0 Å². The summed E-state index contributed by atoms with van der Waals surface area (Å²) in [5.41, 5.74) is 0. The molecule has 2 N–H and O–H groups in total. The maximum absolute atomic E-state index is 10.1. The average Bonchev–Trinajstić information content (AvgIpc) is 2.41. The standard InChI is InChI=1S/C12H4Br4O4/c13-3-1-4(14)10-5(2-3)19-12-9(18)6(15)8(17)7(16)11(12)20-10/h1-2,17-18H. The van der Waals surface area contributed by atoms with E-state index in [1.54, 1.807) is 12.1 Å². The van der Waals surface area contributed by atoms with Crippen LogP contribution in [0.2, 0.25) is 0 Å². The largest absolute Gasteiger partial charge is 0.505 e. The molecule has 0 aromatic heterocycles. The molecular formula is C12H4Br4O4. The van der Waals surface area contributed by atoms with E-state index in [-0.39, 0.29) is 31.9 Å². The van der Waals surface area contributed by atoms with Crippen LogP contribution in [0.1, 0.15) is 0 Å². The monoisotopic (exact) mass is 528 g/mol. The Kier molecular flexibility index (Phi) is 3.68. The predicted octanol–water partition coefficient (Wildman–Crippen LogP) is 6.05. The summed E-state index contributed by atoms with van der Waals surface area (Å²) in [6.45, 7) is 0. The lowest BCUT2D eigenvalue weighted by Gasteiger charge is -2.24. The molecular weight excluding hydrogens is 528 g/mol. The molecule has 0 fully saturated rings. The summed E-state index contributed by atoms with van der Waals surface area (Å²) in [5, 5.41) is 20.0. The van der Waals surface area contributed by atoms with Crippen molar-refractivity contribution in [2.24, 2.45) is 0 Å². The lowest BCUT2D eigenvalue weighted by molar-refractivity contribution is 0.328. The van der Waals surface area contributed by atoms with Crippen LogP contribution in [0.25, 0.3) is 0 Å². The van der Waals surface area contributed by atoms with Crippen LogP contribution in [0.4, 0.5) is 0 Å². The van der Waals surface area contributed by atoms with Crippen LogP contribution in [0.15, 0.2) is 30.0 Å². The Labute approximate surface area is 147 Å². The Hall–Kier alpha value is -0.440. The van der Waals surface area contributed by atoms with E-state index < -0.39 is 0 Å². The Morgan fingerprint density at radius 1 is 0.750 bits per heavy atom. The maximum Gasteiger partial charge on any atom is 0.214 e. The van der Waals surface area contributed by atoms with Crippen LogP contribution < -0.4 is 9.47 Å². The first-order valence-electron chi connectivity index (χ1n) is 5.17. The number of benzene rings is 2. The minimum Gasteiger partial charge on any atom is -0.505 e. The zero-order chi connectivity index (χ0) is 14.6. The van der Waals surface area contributed by atoms with Crippen LogP contribution >= 0.6 is 63.7 Å². The van der Waals surface area contributed by atoms with E-state index in [9.17, 15) is 10.2 Å². The van der Waals surface area contributed by atoms with E-state index >= 15 is 0 Å². The fourth-order valence-electron chi connectivity index (χ4n) is 1.73. The second-order valence-electron chi connectivity index (χ2n) is 3.90. The van der Waals surface area contributed by atoms with Crippen LogP contribution in [-0.2, 0) is 0 Å². The summed E-state index contributed by atoms with van der Waals surface area (Å²) in [6, 6.07) is 3.52. The Balaban J connectivity index is 2.26. The third-order valence-corrected chi connectivity index (χ3v) is 5.17. The number of hydrogen-bond donors (Lipinski definition) is 2. The molecule has 1 aliphatic rings. The Morgan fingerprint density at radius 3 is 2.15 bits per heavy atom. The van der Waals surface area contributed by atoms with Crippen LogP contribution in [0.3, 0.4) is 0 Å². The first kappa shape index (κ1) is 14.5. The summed E-state index contributed by atoms with van der Waals surface area (Å²) in [6.07, 6.45) is 0. The summed E-state index contributed by atoms with van der Waals surface area (Å²) in [7, 11) is 0. The zero-order valence-corrected chi connectivity index (χ0v) is 15.7. The van der Waals surface area contributed by atoms with Gasteiger partial charge in [-0.05, 0) is 59.9 Å². The van der Waals surface area contributed by atoms with E-state index in [1.165, 1.54) is 0 Å². The third-order valence-electron chi connectivity index (χ3n) is 2.63. The van der Waals surface area contributed by atoms with E-state index in [0.717, 1.165) is 4.47 Å². The van der Waals surface area contributed by atoms with Gasteiger partial charge < -0.3 is 19.7 Å². The SMILES string of the molecule is Oc1c(Br)c(O)c2c(c1Br)Oc1c(Br)cc(Br)cc1O2. The molecule has 1 heterocycles. The molecule has 0 saturated carbocycles. The van der Waals surface area contributed by atoms with Crippen molar-refractivity contribution in [1.82, 2.24) is 0 Å². The lowest BCUT2D eigenvalue weighted by atomic mass is 10.2. The van der Waals surface area contributed by atoms with Crippen molar-refractivity contribution >= 4 is 63.7 Å². The second kappa shape index (κ2) is 5.08. The predicted molar refractivity (Wildman–Crippen MR) is 87.2 cm³/mol. The highest BCUT2D eigenvalue weighted by Crippen LogP contribution is 2.59. The molecule has 0 amide bonds. The molecule has 20 heavy (non-hydrogen) atoms. The highest BCUT2D eigenvalue weighted by Gasteiger charge is 2.30. The van der Waals surface area contributed by atoms with E-state index in [4.69, 9.17) is 9.47 Å². The van der Waals surface area contributed by atoms with Crippen molar-refractivity contribution in [3.8, 4) is 34.5 Å². The van der Waals surface area contributed by atoms with Gasteiger partial charge in [0.25, 0.3) is 0 Å². The first-order valence-corrected chi connectivity index (χ1v) is 8.35. The fourth-order valence-corrected chi connectivity index (χ4v) is 4.10. The summed E-state index contributed by atoms with van der Waals surface area (Å²) in [5.74, 6) is 0.836. The second-order valence-corrected chi connectivity index (χ2v) is 7.26. The molecule has 2 aromatic rings. The molecule has 0 saturated heterocycles. The maximum atomic E-state index is 10.1. The lowest BCUT2D eigenvalue weighted by Crippen LogP contribution is -2.01. The summed E-state index contributed by atoms with van der Waals surface area (Å²) < 4.78 is 13.3. The highest BCUT2D eigenvalue weighted by molar-refractivity contribution is 9.11. The number of phenolic OH excluding ortho intramolecular Hbond substituents is 2. The van der Waals surface area contributed by atoms with Gasteiger partial charge >= 0.3 is 0 Å². The van der Waals surface area contributed by atoms with Gasteiger partial charge in [-0.1, -0.05) is 15.9 Å². The minimum absolute atomic E-state index is 0.124. The van der Waals surface area contributed by atoms with Gasteiger partial charge in [0.15, 0.2) is 28.7 Å². The highest BCUT2D eigenvalue weighted by atomic mass is 79.9. The van der Waals surface area contributed by atoms with Crippen LogP contribution in [-0.4, -0.2) is 10.2 Å². The number of fused-ring (bicyclic) bond motifs is 2. The molecule has 0 spiro atoms. The summed E-state index contributed by atoms with van der Waals surface area (Å²) >= 11 is 13.0. The molecule has 1 aliphatic heterocycles. The molecule has 8 heteroatoms. The molecule has 104 valence electrons. The van der Waals surface area contributed by atoms with Crippen molar-refractivity contribution < 1.29 is 19.7 Å². The molecule has 0 unspecified atom stereocenters. The topological polar surface area (TPSA) is 58.9 Å². The van der Waals surface area contributed by atoms with Gasteiger partial charge in [-0.3, -0.25) is 0 Å². The number of ether oxygens (including phenoxy) is 2. The molecule has 2 aromatic carbocycles. The van der Waals surface area contributed by atoms with Crippen LogP contribution in [0, 0.1) is 0 Å². The van der Waals surface area contributed by atoms with Gasteiger partial charge in [0.1, 0.15) is 8.95 Å². The third kappa shape index (κ3) is 2.13. The molecule has 0 bridgehead atoms. The number of phenols is 2. The average molecular weight is 532 g/mol. The van der Waals surface area contributed by atoms with E-state index in [0.29, 0.717) is 16.0 Å². The normalized spacial score (nSPS) is 12.2. The van der Waals surface area contributed by atoms with Gasteiger partial charge in [0, 0.05) is 4.47 Å².